The summed E-state index contributed by atoms with van der Waals surface area (Å²) in [5.74, 6) is -1.81. The Hall–Kier alpha value is -3.68. The molecule has 1 unspecified atom stereocenters. The molecule has 2 aromatic rings. The van der Waals surface area contributed by atoms with Crippen LogP contribution in [0.2, 0.25) is 0 Å². The van der Waals surface area contributed by atoms with Gasteiger partial charge in [0.2, 0.25) is 9.84 Å². The van der Waals surface area contributed by atoms with Gasteiger partial charge in [-0.1, -0.05) is 24.3 Å². The van der Waals surface area contributed by atoms with Crippen LogP contribution in [-0.2, 0) is 46.4 Å². The number of rotatable bonds is 11. The molecule has 13 heteroatoms. The zero-order valence-corrected chi connectivity index (χ0v) is 36.9. The van der Waals surface area contributed by atoms with E-state index >= 15 is 0 Å². The van der Waals surface area contributed by atoms with Gasteiger partial charge >= 0.3 is 18.2 Å². The number of hydrogen-bond donors (Lipinski definition) is 1. The van der Waals surface area contributed by atoms with Gasteiger partial charge in [0.1, 0.15) is 16.8 Å². The summed E-state index contributed by atoms with van der Waals surface area (Å²) in [6.07, 6.45) is -0.272. The molecule has 2 aliphatic heterocycles. The first-order valence-electron chi connectivity index (χ1n) is 20.1. The Morgan fingerprint density at radius 3 is 1.56 bits per heavy atom. The first-order valence-corrected chi connectivity index (χ1v) is 21.6. The van der Waals surface area contributed by atoms with Crippen molar-refractivity contribution in [2.75, 3.05) is 26.2 Å². The lowest BCUT2D eigenvalue weighted by atomic mass is 9.85. The van der Waals surface area contributed by atoms with E-state index in [-0.39, 0.29) is 28.0 Å². The van der Waals surface area contributed by atoms with Crippen LogP contribution in [0.15, 0.2) is 58.3 Å². The SMILES string of the molecule is CC(C)(C)OC(=O)[C@@H](Cc1cccc(S(=O)(=O)c2cccc(C[C@H](C(O)OC(C)(C)C)[C@H]3CCN(C(=O)OC(C)(C)C)C3)c2)c1)[C@H]1CCN(C(=O)OC(C)(C)C)C1. The van der Waals surface area contributed by atoms with Crippen molar-refractivity contribution < 1.29 is 46.9 Å². The third-order valence-corrected chi connectivity index (χ3v) is 11.6. The fraction of sp³-hybridized carbons (Fsp3) is 0.659. The average molecular weight is 815 g/mol. The van der Waals surface area contributed by atoms with Crippen LogP contribution in [0.4, 0.5) is 9.59 Å². The second kappa shape index (κ2) is 17.7. The van der Waals surface area contributed by atoms with Crippen LogP contribution in [0.1, 0.15) is 107 Å². The number of sulfone groups is 1. The standard InChI is InChI=1S/C44H66N2O10S/c1-41(2,3)53-37(47)35(31-19-21-45(27-31)39(49)55-43(7,8)9)25-29-15-13-17-33(23-29)57(51,52)34-18-14-16-30(24-34)26-36(38(48)54-42(4,5)6)32-20-22-46(28-32)40(50)56-44(10,11)12/h13-18,23-24,31-32,35-37,47H,19-22,25-28H2,1-12H3/t31-,32-,35-,36-,37?/m0/s1. The van der Waals surface area contributed by atoms with Crippen LogP contribution < -0.4 is 0 Å². The predicted octanol–water partition coefficient (Wildman–Crippen LogP) is 7.83. The number of esters is 1. The fourth-order valence-corrected chi connectivity index (χ4v) is 8.75. The van der Waals surface area contributed by atoms with E-state index in [1.54, 1.807) is 73.0 Å². The molecule has 0 radical (unpaired) electrons. The van der Waals surface area contributed by atoms with Crippen molar-refractivity contribution in [2.45, 2.75) is 147 Å². The Labute approximate surface area is 340 Å². The highest BCUT2D eigenvalue weighted by atomic mass is 32.2. The van der Waals surface area contributed by atoms with Gasteiger partial charge in [0, 0.05) is 32.1 Å². The molecule has 0 aromatic heterocycles. The first-order chi connectivity index (χ1) is 26.1. The minimum atomic E-state index is -4.02. The minimum Gasteiger partial charge on any atom is -0.460 e. The number of likely N-dealkylation sites (tertiary alicyclic amines) is 2. The summed E-state index contributed by atoms with van der Waals surface area (Å²) in [7, 11) is -4.02. The molecule has 2 amide bonds. The van der Waals surface area contributed by atoms with Gasteiger partial charge in [-0.05, 0) is 156 Å². The van der Waals surface area contributed by atoms with Crippen molar-refractivity contribution in [1.29, 1.82) is 0 Å². The summed E-state index contributed by atoms with van der Waals surface area (Å²) in [5.41, 5.74) is -1.33. The van der Waals surface area contributed by atoms with Gasteiger partial charge in [0.25, 0.3) is 0 Å². The van der Waals surface area contributed by atoms with Gasteiger partial charge in [0.15, 0.2) is 6.29 Å². The van der Waals surface area contributed by atoms with E-state index < -0.39 is 68.5 Å². The van der Waals surface area contributed by atoms with Crippen LogP contribution in [0, 0.1) is 23.7 Å². The maximum atomic E-state index is 14.2. The molecule has 2 heterocycles. The molecule has 2 saturated heterocycles. The highest BCUT2D eigenvalue weighted by molar-refractivity contribution is 7.91. The molecule has 0 saturated carbocycles. The lowest BCUT2D eigenvalue weighted by Crippen LogP contribution is -2.40. The zero-order valence-electron chi connectivity index (χ0n) is 36.1. The van der Waals surface area contributed by atoms with Crippen LogP contribution in [0.5, 0.6) is 0 Å². The van der Waals surface area contributed by atoms with Crippen molar-refractivity contribution in [3.8, 4) is 0 Å². The third-order valence-electron chi connectivity index (χ3n) is 9.82. The Balaban J connectivity index is 1.58. The summed E-state index contributed by atoms with van der Waals surface area (Å²) in [5, 5.41) is 11.4. The molecule has 0 aliphatic carbocycles. The largest absolute Gasteiger partial charge is 0.460 e. The average Bonchev–Trinajstić information content (AvgIpc) is 3.74. The van der Waals surface area contributed by atoms with Crippen molar-refractivity contribution in [3.05, 3.63) is 59.7 Å². The number of benzene rings is 2. The molecule has 0 spiro atoms. The summed E-state index contributed by atoms with van der Waals surface area (Å²) in [6, 6.07) is 13.3. The van der Waals surface area contributed by atoms with Crippen molar-refractivity contribution in [3.63, 3.8) is 0 Å². The number of aliphatic hydroxyl groups is 1. The van der Waals surface area contributed by atoms with Gasteiger partial charge in [-0.2, -0.15) is 0 Å². The summed E-state index contributed by atoms with van der Waals surface area (Å²) < 4.78 is 51.6. The number of ether oxygens (including phenoxy) is 4. The summed E-state index contributed by atoms with van der Waals surface area (Å²) in [6.45, 7) is 23.5. The molecular formula is C44H66N2O10S. The zero-order chi connectivity index (χ0) is 42.7. The molecule has 5 atom stereocenters. The van der Waals surface area contributed by atoms with E-state index in [0.717, 1.165) is 0 Å². The lowest BCUT2D eigenvalue weighted by molar-refractivity contribution is -0.199. The van der Waals surface area contributed by atoms with Crippen LogP contribution in [0.3, 0.4) is 0 Å². The second-order valence-corrected chi connectivity index (χ2v) is 21.5. The molecule has 57 heavy (non-hydrogen) atoms. The van der Waals surface area contributed by atoms with Crippen molar-refractivity contribution in [1.82, 2.24) is 9.80 Å². The van der Waals surface area contributed by atoms with Crippen molar-refractivity contribution >= 4 is 28.0 Å². The van der Waals surface area contributed by atoms with E-state index in [1.165, 1.54) is 0 Å². The first kappa shape index (κ1) is 46.0. The van der Waals surface area contributed by atoms with Gasteiger partial charge in [-0.25, -0.2) is 18.0 Å². The normalized spacial score (nSPS) is 19.9. The fourth-order valence-electron chi connectivity index (χ4n) is 7.35. The van der Waals surface area contributed by atoms with Gasteiger partial charge in [0.05, 0.1) is 21.3 Å². The summed E-state index contributed by atoms with van der Waals surface area (Å²) >= 11 is 0. The highest BCUT2D eigenvalue weighted by Gasteiger charge is 2.41. The Morgan fingerprint density at radius 1 is 0.667 bits per heavy atom. The number of aliphatic hydroxyl groups excluding tert-OH is 1. The third kappa shape index (κ3) is 13.7. The Bertz CT molecular complexity index is 1830. The molecule has 4 rings (SSSR count). The van der Waals surface area contributed by atoms with Crippen molar-refractivity contribution in [2.24, 2.45) is 23.7 Å². The molecular weight excluding hydrogens is 749 g/mol. The molecule has 12 nitrogen and oxygen atoms in total. The Kier molecular flexibility index (Phi) is 14.3. The molecule has 2 aromatic carbocycles. The number of hydrogen-bond acceptors (Lipinski definition) is 10. The molecule has 1 N–H and O–H groups in total. The topological polar surface area (TPSA) is 149 Å². The van der Waals surface area contributed by atoms with Crippen LogP contribution in [-0.4, -0.2) is 96.4 Å². The van der Waals surface area contributed by atoms with E-state index in [1.807, 2.05) is 68.4 Å². The molecule has 0 bridgehead atoms. The van der Waals surface area contributed by atoms with Crippen LogP contribution in [0.25, 0.3) is 0 Å². The van der Waals surface area contributed by atoms with Crippen LogP contribution >= 0.6 is 0 Å². The molecule has 318 valence electrons. The number of nitrogens with zero attached hydrogens (tertiary/aromatic N) is 2. The quantitative estimate of drug-likeness (QED) is 0.135. The number of carbonyl (C=O) groups is 3. The monoisotopic (exact) mass is 814 g/mol. The smallest absolute Gasteiger partial charge is 0.410 e. The van der Waals surface area contributed by atoms with E-state index in [2.05, 4.69) is 0 Å². The lowest BCUT2D eigenvalue weighted by Gasteiger charge is -2.33. The van der Waals surface area contributed by atoms with E-state index in [9.17, 15) is 27.9 Å². The number of carbonyl (C=O) groups excluding carboxylic acids is 3. The molecule has 2 aliphatic rings. The molecule has 2 fully saturated rings. The second-order valence-electron chi connectivity index (χ2n) is 19.6. The van der Waals surface area contributed by atoms with Gasteiger partial charge in [-0.15, -0.1) is 0 Å². The Morgan fingerprint density at radius 2 is 1.11 bits per heavy atom. The number of amides is 2. The predicted molar refractivity (Wildman–Crippen MR) is 217 cm³/mol. The maximum Gasteiger partial charge on any atom is 0.410 e. The van der Waals surface area contributed by atoms with E-state index in [0.29, 0.717) is 56.6 Å². The highest BCUT2D eigenvalue weighted by Crippen LogP contribution is 2.35. The minimum absolute atomic E-state index is 0.0818. The summed E-state index contributed by atoms with van der Waals surface area (Å²) in [4.78, 5) is 42.9. The van der Waals surface area contributed by atoms with E-state index in [4.69, 9.17) is 18.9 Å². The van der Waals surface area contributed by atoms with Gasteiger partial charge < -0.3 is 33.9 Å². The van der Waals surface area contributed by atoms with Gasteiger partial charge in [-0.3, -0.25) is 4.79 Å². The maximum absolute atomic E-state index is 14.2.